The third-order valence-corrected chi connectivity index (χ3v) is 4.84. The summed E-state index contributed by atoms with van der Waals surface area (Å²) in [4.78, 5) is 14.3. The molecule has 1 aromatic heterocycles. The van der Waals surface area contributed by atoms with E-state index < -0.39 is 0 Å². The van der Waals surface area contributed by atoms with Crippen LogP contribution in [0.25, 0.3) is 11.5 Å². The normalized spacial score (nSPS) is 10.4. The molecule has 0 N–H and O–H groups in total. The van der Waals surface area contributed by atoms with Gasteiger partial charge in [-0.15, -0.1) is 16.8 Å². The van der Waals surface area contributed by atoms with Crippen molar-refractivity contribution in [2.24, 2.45) is 0 Å². The van der Waals surface area contributed by atoms with Crippen molar-refractivity contribution in [1.29, 1.82) is 0 Å². The molecule has 3 aromatic rings. The Morgan fingerprint density at radius 1 is 1.14 bits per heavy atom. The zero-order valence-electron chi connectivity index (χ0n) is 16.2. The largest absolute Gasteiger partial charge is 0.493 e. The lowest BCUT2D eigenvalue weighted by Gasteiger charge is -2.20. The van der Waals surface area contributed by atoms with Crippen LogP contribution in [0.15, 0.2) is 70.8 Å². The minimum Gasteiger partial charge on any atom is -0.493 e. The topological polar surface area (TPSA) is 77.7 Å². The zero-order chi connectivity index (χ0) is 20.6. The van der Waals surface area contributed by atoms with Gasteiger partial charge in [0.1, 0.15) is 0 Å². The molecule has 0 unspecified atom stereocenters. The van der Waals surface area contributed by atoms with E-state index in [2.05, 4.69) is 16.8 Å². The molecule has 150 valence electrons. The fourth-order valence-corrected chi connectivity index (χ4v) is 3.28. The Morgan fingerprint density at radius 2 is 1.90 bits per heavy atom. The Balaban J connectivity index is 1.68. The predicted octanol–water partition coefficient (Wildman–Crippen LogP) is 4.07. The zero-order valence-corrected chi connectivity index (χ0v) is 17.0. The monoisotopic (exact) mass is 411 g/mol. The number of carbonyl (C=O) groups excluding carboxylic acids is 1. The summed E-state index contributed by atoms with van der Waals surface area (Å²) in [5.41, 5.74) is 1.51. The molecule has 0 atom stereocenters. The third-order valence-electron chi connectivity index (χ3n) is 4.04. The van der Waals surface area contributed by atoms with Gasteiger partial charge >= 0.3 is 0 Å². The Morgan fingerprint density at radius 3 is 2.59 bits per heavy atom. The highest BCUT2D eigenvalue weighted by Crippen LogP contribution is 2.32. The number of para-hydroxylation sites is 1. The number of amides is 1. The van der Waals surface area contributed by atoms with Crippen molar-refractivity contribution in [3.63, 3.8) is 0 Å². The van der Waals surface area contributed by atoms with Crippen molar-refractivity contribution in [2.45, 2.75) is 5.22 Å². The van der Waals surface area contributed by atoms with Crippen molar-refractivity contribution < 1.29 is 18.7 Å². The molecule has 7 nitrogen and oxygen atoms in total. The van der Waals surface area contributed by atoms with Crippen LogP contribution in [-0.4, -0.2) is 42.6 Å². The van der Waals surface area contributed by atoms with E-state index in [0.29, 0.717) is 34.7 Å². The number of methoxy groups -OCH3 is 2. The van der Waals surface area contributed by atoms with E-state index in [1.54, 1.807) is 43.4 Å². The number of rotatable bonds is 9. The van der Waals surface area contributed by atoms with E-state index in [-0.39, 0.29) is 11.7 Å². The summed E-state index contributed by atoms with van der Waals surface area (Å²) in [6, 6.07) is 14.8. The van der Waals surface area contributed by atoms with E-state index in [9.17, 15) is 4.79 Å². The van der Waals surface area contributed by atoms with Crippen molar-refractivity contribution in [3.8, 4) is 23.0 Å². The van der Waals surface area contributed by atoms with Crippen LogP contribution >= 0.6 is 11.8 Å². The average molecular weight is 411 g/mol. The Labute approximate surface area is 173 Å². The van der Waals surface area contributed by atoms with Gasteiger partial charge < -0.3 is 18.8 Å². The van der Waals surface area contributed by atoms with Crippen LogP contribution in [0.5, 0.6) is 11.5 Å². The molecule has 29 heavy (non-hydrogen) atoms. The lowest BCUT2D eigenvalue weighted by Crippen LogP contribution is -2.32. The summed E-state index contributed by atoms with van der Waals surface area (Å²) in [6.45, 7) is 4.15. The molecule has 0 aliphatic carbocycles. The van der Waals surface area contributed by atoms with Gasteiger partial charge in [-0.1, -0.05) is 36.0 Å². The maximum absolute atomic E-state index is 12.7. The molecule has 0 aliphatic rings. The van der Waals surface area contributed by atoms with E-state index in [1.165, 1.54) is 11.8 Å². The molecule has 0 radical (unpaired) electrons. The van der Waals surface area contributed by atoms with E-state index in [1.807, 2.05) is 30.3 Å². The molecule has 8 heteroatoms. The molecule has 0 bridgehead atoms. The molecule has 1 heterocycles. The summed E-state index contributed by atoms with van der Waals surface area (Å²) in [5.74, 6) is 1.60. The highest BCUT2D eigenvalue weighted by atomic mass is 32.2. The maximum Gasteiger partial charge on any atom is 0.277 e. The maximum atomic E-state index is 12.7. The van der Waals surface area contributed by atoms with Crippen LogP contribution in [0, 0.1) is 0 Å². The first-order chi connectivity index (χ1) is 14.2. The van der Waals surface area contributed by atoms with Crippen molar-refractivity contribution in [3.05, 3.63) is 61.2 Å². The number of thioether (sulfide) groups is 1. The van der Waals surface area contributed by atoms with Gasteiger partial charge in [-0.2, -0.15) is 0 Å². The number of aromatic nitrogens is 2. The molecule has 0 fully saturated rings. The second kappa shape index (κ2) is 9.79. The fourth-order valence-electron chi connectivity index (χ4n) is 2.64. The summed E-state index contributed by atoms with van der Waals surface area (Å²) >= 11 is 1.19. The van der Waals surface area contributed by atoms with Crippen LogP contribution in [0.2, 0.25) is 0 Å². The van der Waals surface area contributed by atoms with Gasteiger partial charge in [0.15, 0.2) is 11.5 Å². The van der Waals surface area contributed by atoms with Crippen molar-refractivity contribution >= 4 is 23.4 Å². The first kappa shape index (κ1) is 20.5. The molecular formula is C21H21N3O4S. The number of ether oxygens (including phenoxy) is 2. The van der Waals surface area contributed by atoms with Crippen LogP contribution in [0.3, 0.4) is 0 Å². The van der Waals surface area contributed by atoms with Crippen molar-refractivity contribution in [2.75, 3.05) is 31.4 Å². The van der Waals surface area contributed by atoms with Crippen molar-refractivity contribution in [1.82, 2.24) is 10.2 Å². The molecule has 3 rings (SSSR count). The van der Waals surface area contributed by atoms with Gasteiger partial charge in [-0.3, -0.25) is 4.79 Å². The molecular weight excluding hydrogens is 390 g/mol. The lowest BCUT2D eigenvalue weighted by molar-refractivity contribution is -0.116. The molecule has 0 saturated carbocycles. The van der Waals surface area contributed by atoms with Crippen LogP contribution in [0.1, 0.15) is 0 Å². The number of benzene rings is 2. The van der Waals surface area contributed by atoms with Gasteiger partial charge in [-0.25, -0.2) is 0 Å². The molecule has 1 amide bonds. The molecule has 0 aliphatic heterocycles. The van der Waals surface area contributed by atoms with Gasteiger partial charge in [0.05, 0.1) is 20.0 Å². The smallest absolute Gasteiger partial charge is 0.277 e. The minimum absolute atomic E-state index is 0.0769. The Kier molecular flexibility index (Phi) is 6.91. The number of hydrogen-bond acceptors (Lipinski definition) is 7. The summed E-state index contributed by atoms with van der Waals surface area (Å²) < 4.78 is 16.2. The highest BCUT2D eigenvalue weighted by Gasteiger charge is 2.17. The molecule has 0 spiro atoms. The van der Waals surface area contributed by atoms with Crippen LogP contribution < -0.4 is 14.4 Å². The summed E-state index contributed by atoms with van der Waals surface area (Å²) in [5, 5.41) is 8.40. The standard InChI is InChI=1S/C21H21N3O4S/c1-4-12-24(16-8-6-5-7-9-16)19(25)14-29-21-23-22-20(28-21)15-10-11-17(26-2)18(13-15)27-3/h4-11,13H,1,12,14H2,2-3H3. The predicted molar refractivity (Wildman–Crippen MR) is 113 cm³/mol. The Hall–Kier alpha value is -3.26. The second-order valence-electron chi connectivity index (χ2n) is 5.86. The Bertz CT molecular complexity index is 975. The molecule has 2 aromatic carbocycles. The average Bonchev–Trinajstić information content (AvgIpc) is 3.25. The lowest BCUT2D eigenvalue weighted by atomic mass is 10.2. The van der Waals surface area contributed by atoms with E-state index in [0.717, 1.165) is 5.69 Å². The SMILES string of the molecule is C=CCN(C(=O)CSc1nnc(-c2ccc(OC)c(OC)c2)o1)c1ccccc1. The van der Waals surface area contributed by atoms with Gasteiger partial charge in [0.25, 0.3) is 5.22 Å². The molecule has 0 saturated heterocycles. The summed E-state index contributed by atoms with van der Waals surface area (Å²) in [6.07, 6.45) is 1.69. The number of anilines is 1. The summed E-state index contributed by atoms with van der Waals surface area (Å²) in [7, 11) is 3.13. The number of nitrogens with zero attached hydrogens (tertiary/aromatic N) is 3. The second-order valence-corrected chi connectivity index (χ2v) is 6.79. The minimum atomic E-state index is -0.0769. The van der Waals surface area contributed by atoms with Crippen LogP contribution in [-0.2, 0) is 4.79 Å². The van der Waals surface area contributed by atoms with E-state index in [4.69, 9.17) is 13.9 Å². The first-order valence-corrected chi connectivity index (χ1v) is 9.79. The van der Waals surface area contributed by atoms with Gasteiger partial charge in [0, 0.05) is 17.8 Å². The number of hydrogen-bond donors (Lipinski definition) is 0. The number of carbonyl (C=O) groups is 1. The quantitative estimate of drug-likeness (QED) is 0.388. The third kappa shape index (κ3) is 4.97. The first-order valence-electron chi connectivity index (χ1n) is 8.81. The highest BCUT2D eigenvalue weighted by molar-refractivity contribution is 7.99. The van der Waals surface area contributed by atoms with Gasteiger partial charge in [-0.05, 0) is 30.3 Å². The van der Waals surface area contributed by atoms with E-state index >= 15 is 0 Å². The van der Waals surface area contributed by atoms with Crippen LogP contribution in [0.4, 0.5) is 5.69 Å². The fraction of sp³-hybridized carbons (Fsp3) is 0.190. The van der Waals surface area contributed by atoms with Gasteiger partial charge in [0.2, 0.25) is 11.8 Å².